The molecule has 0 unspecified atom stereocenters. The van der Waals surface area contributed by atoms with E-state index in [9.17, 15) is 4.79 Å². The fourth-order valence-corrected chi connectivity index (χ4v) is 3.18. The molecule has 6 nitrogen and oxygen atoms in total. The van der Waals surface area contributed by atoms with Crippen LogP contribution in [-0.2, 0) is 11.3 Å². The third-order valence-electron chi connectivity index (χ3n) is 3.87. The second kappa shape index (κ2) is 6.25. The zero-order valence-corrected chi connectivity index (χ0v) is 13.2. The fraction of sp³-hybridized carbons (Fsp3) is 0.786. The van der Waals surface area contributed by atoms with Crippen LogP contribution in [0.15, 0.2) is 5.16 Å². The fourth-order valence-electron chi connectivity index (χ4n) is 2.50. The lowest BCUT2D eigenvalue weighted by atomic mass is 10.3. The van der Waals surface area contributed by atoms with Gasteiger partial charge < -0.3 is 10.0 Å². The zero-order valence-electron chi connectivity index (χ0n) is 12.4. The van der Waals surface area contributed by atoms with E-state index < -0.39 is 5.97 Å². The van der Waals surface area contributed by atoms with Crippen LogP contribution in [0.1, 0.15) is 39.0 Å². The van der Waals surface area contributed by atoms with Crippen LogP contribution in [0.4, 0.5) is 5.95 Å². The minimum atomic E-state index is -0.815. The maximum atomic E-state index is 10.8. The van der Waals surface area contributed by atoms with Crippen molar-refractivity contribution < 1.29 is 9.90 Å². The number of thioether (sulfide) groups is 1. The third kappa shape index (κ3) is 3.70. The number of carboxylic acids is 1. The Morgan fingerprint density at radius 2 is 2.14 bits per heavy atom. The number of anilines is 1. The zero-order chi connectivity index (χ0) is 14.8. The first kappa shape index (κ1) is 14.7. The van der Waals surface area contributed by atoms with Crippen molar-refractivity contribution in [2.24, 2.45) is 5.92 Å². The van der Waals surface area contributed by atoms with E-state index in [4.69, 9.17) is 5.11 Å². The van der Waals surface area contributed by atoms with Crippen molar-refractivity contribution in [3.8, 4) is 0 Å². The van der Waals surface area contributed by atoms with Crippen molar-refractivity contribution in [1.82, 2.24) is 14.8 Å². The summed E-state index contributed by atoms with van der Waals surface area (Å²) in [7, 11) is 0. The Labute approximate surface area is 128 Å². The maximum Gasteiger partial charge on any atom is 0.313 e. The van der Waals surface area contributed by atoms with Crippen LogP contribution in [0.2, 0.25) is 0 Å². The summed E-state index contributed by atoms with van der Waals surface area (Å²) in [5.41, 5.74) is 0. The molecule has 21 heavy (non-hydrogen) atoms. The monoisotopic (exact) mass is 310 g/mol. The number of nitrogens with zero attached hydrogens (tertiary/aromatic N) is 4. The molecule has 0 bridgehead atoms. The first-order valence-corrected chi connectivity index (χ1v) is 8.72. The first-order valence-electron chi connectivity index (χ1n) is 7.73. The number of aromatic nitrogens is 3. The summed E-state index contributed by atoms with van der Waals surface area (Å²) in [6.45, 7) is 4.05. The minimum absolute atomic E-state index is 0.0356. The first-order chi connectivity index (χ1) is 10.2. The summed E-state index contributed by atoms with van der Waals surface area (Å²) in [4.78, 5) is 13.2. The van der Waals surface area contributed by atoms with Gasteiger partial charge in [0.2, 0.25) is 5.95 Å². The van der Waals surface area contributed by atoms with Crippen LogP contribution in [0.25, 0.3) is 0 Å². The number of rotatable bonds is 9. The molecule has 0 saturated heterocycles. The third-order valence-corrected chi connectivity index (χ3v) is 4.82. The molecule has 2 aliphatic carbocycles. The largest absolute Gasteiger partial charge is 0.481 e. The molecule has 2 aliphatic rings. The van der Waals surface area contributed by atoms with Gasteiger partial charge in [-0.15, -0.1) is 10.2 Å². The molecule has 116 valence electrons. The summed E-state index contributed by atoms with van der Waals surface area (Å²) in [5, 5.41) is 18.2. The predicted molar refractivity (Wildman–Crippen MR) is 81.8 cm³/mol. The molecule has 1 aromatic rings. The van der Waals surface area contributed by atoms with Crippen molar-refractivity contribution in [3.05, 3.63) is 0 Å². The highest BCUT2D eigenvalue weighted by Crippen LogP contribution is 2.37. The van der Waals surface area contributed by atoms with Gasteiger partial charge in [0.25, 0.3) is 0 Å². The van der Waals surface area contributed by atoms with Gasteiger partial charge in [-0.05, 0) is 38.0 Å². The van der Waals surface area contributed by atoms with Crippen LogP contribution < -0.4 is 4.90 Å². The van der Waals surface area contributed by atoms with E-state index in [0.717, 1.165) is 36.5 Å². The number of carboxylic acid groups (broad SMARTS) is 1. The Balaban J connectivity index is 1.79. The SMILES string of the molecule is CCCn1c(SCC(=O)O)nnc1N(CC1CC1)C1CC1. The molecule has 0 aromatic carbocycles. The number of carbonyl (C=O) groups is 1. The Bertz CT molecular complexity index is 511. The maximum absolute atomic E-state index is 10.8. The average molecular weight is 310 g/mol. The topological polar surface area (TPSA) is 71.2 Å². The Morgan fingerprint density at radius 3 is 2.71 bits per heavy atom. The quantitative estimate of drug-likeness (QED) is 0.705. The number of aliphatic carboxylic acids is 1. The molecule has 0 spiro atoms. The van der Waals surface area contributed by atoms with E-state index >= 15 is 0 Å². The Kier molecular flexibility index (Phi) is 4.37. The highest BCUT2D eigenvalue weighted by Gasteiger charge is 2.36. The molecular formula is C14H22N4O2S. The van der Waals surface area contributed by atoms with E-state index in [-0.39, 0.29) is 5.75 Å². The summed E-state index contributed by atoms with van der Waals surface area (Å²) in [6.07, 6.45) is 6.12. The predicted octanol–water partition coefficient (Wildman–Crippen LogP) is 2.24. The second-order valence-corrected chi connectivity index (χ2v) is 6.89. The van der Waals surface area contributed by atoms with Crippen LogP contribution in [0.3, 0.4) is 0 Å². The van der Waals surface area contributed by atoms with E-state index in [2.05, 4.69) is 26.6 Å². The molecule has 1 N–H and O–H groups in total. The summed E-state index contributed by atoms with van der Waals surface area (Å²) in [6, 6.07) is 0.614. The Hall–Kier alpha value is -1.24. The molecule has 2 saturated carbocycles. The van der Waals surface area contributed by atoms with Crippen LogP contribution >= 0.6 is 11.8 Å². The van der Waals surface area contributed by atoms with Crippen molar-refractivity contribution in [1.29, 1.82) is 0 Å². The molecule has 2 fully saturated rings. The van der Waals surface area contributed by atoms with E-state index in [1.807, 2.05) is 0 Å². The highest BCUT2D eigenvalue weighted by molar-refractivity contribution is 7.99. The molecule has 0 radical (unpaired) electrons. The smallest absolute Gasteiger partial charge is 0.313 e. The molecule has 7 heteroatoms. The lowest BCUT2D eigenvalue weighted by molar-refractivity contribution is -0.133. The summed E-state index contributed by atoms with van der Waals surface area (Å²) in [5.74, 6) is 0.977. The highest BCUT2D eigenvalue weighted by atomic mass is 32.2. The second-order valence-electron chi connectivity index (χ2n) is 5.94. The molecule has 0 atom stereocenters. The lowest BCUT2D eigenvalue weighted by Crippen LogP contribution is -2.31. The van der Waals surface area contributed by atoms with Crippen LogP contribution in [-0.4, -0.2) is 44.2 Å². The molecule has 1 aromatic heterocycles. The van der Waals surface area contributed by atoms with Gasteiger partial charge >= 0.3 is 5.97 Å². The molecule has 1 heterocycles. The van der Waals surface area contributed by atoms with E-state index in [1.54, 1.807) is 0 Å². The number of hydrogen-bond acceptors (Lipinski definition) is 5. The molecule has 3 rings (SSSR count). The molecule has 0 aliphatic heterocycles. The lowest BCUT2D eigenvalue weighted by Gasteiger charge is -2.24. The standard InChI is InChI=1S/C14H22N4O2S/c1-2-7-17-13(15-16-14(17)21-9-12(19)20)18(11-5-6-11)8-10-3-4-10/h10-11H,2-9H2,1H3,(H,19,20). The van der Waals surface area contributed by atoms with E-state index in [0.29, 0.717) is 6.04 Å². The van der Waals surface area contributed by atoms with Crippen molar-refractivity contribution in [3.63, 3.8) is 0 Å². The van der Waals surface area contributed by atoms with Gasteiger partial charge in [0.1, 0.15) is 0 Å². The normalized spacial score (nSPS) is 18.0. The van der Waals surface area contributed by atoms with Crippen LogP contribution in [0.5, 0.6) is 0 Å². The Morgan fingerprint density at radius 1 is 1.38 bits per heavy atom. The minimum Gasteiger partial charge on any atom is -0.481 e. The van der Waals surface area contributed by atoms with Gasteiger partial charge in [-0.1, -0.05) is 18.7 Å². The van der Waals surface area contributed by atoms with E-state index in [1.165, 1.54) is 37.4 Å². The van der Waals surface area contributed by atoms with Crippen molar-refractivity contribution in [2.45, 2.75) is 56.8 Å². The van der Waals surface area contributed by atoms with Gasteiger partial charge in [-0.2, -0.15) is 0 Å². The van der Waals surface area contributed by atoms with Gasteiger partial charge in [-0.3, -0.25) is 9.36 Å². The van der Waals surface area contributed by atoms with Gasteiger partial charge in [0.15, 0.2) is 5.16 Å². The van der Waals surface area contributed by atoms with Gasteiger partial charge in [0.05, 0.1) is 5.75 Å². The van der Waals surface area contributed by atoms with Gasteiger partial charge in [-0.25, -0.2) is 0 Å². The van der Waals surface area contributed by atoms with Crippen molar-refractivity contribution >= 4 is 23.7 Å². The summed E-state index contributed by atoms with van der Waals surface area (Å²) >= 11 is 1.26. The number of hydrogen-bond donors (Lipinski definition) is 1. The molecule has 0 amide bonds. The van der Waals surface area contributed by atoms with Crippen molar-refractivity contribution in [2.75, 3.05) is 17.2 Å². The average Bonchev–Trinajstić information content (AvgIpc) is 3.33. The molecular weight excluding hydrogens is 288 g/mol. The van der Waals surface area contributed by atoms with Gasteiger partial charge in [0, 0.05) is 19.1 Å². The summed E-state index contributed by atoms with van der Waals surface area (Å²) < 4.78 is 2.11. The van der Waals surface area contributed by atoms with Crippen LogP contribution in [0, 0.1) is 5.92 Å².